The van der Waals surface area contributed by atoms with Gasteiger partial charge in [0.2, 0.25) is 0 Å². The summed E-state index contributed by atoms with van der Waals surface area (Å²) in [7, 11) is 0. The molecule has 6 nitrogen and oxygen atoms in total. The quantitative estimate of drug-likeness (QED) is 0.0200. The SMILES string of the molecule is CC/C=C\C/C=C\C/C=C\CC(=O)OCC(COC(=O)CCCCCCC\C=C/C=C\C=C/C=C\CCCCC)OC(=O)CCCCCCCCCCCCCCCCCC. The third-order valence-corrected chi connectivity index (χ3v) is 10.5. The van der Waals surface area contributed by atoms with Crippen molar-refractivity contribution in [2.24, 2.45) is 0 Å². The maximum Gasteiger partial charge on any atom is 0.309 e. The summed E-state index contributed by atoms with van der Waals surface area (Å²) >= 11 is 0. The first-order valence-electron chi connectivity index (χ1n) is 25.1. The van der Waals surface area contributed by atoms with Crippen molar-refractivity contribution in [3.63, 3.8) is 0 Å². The molecule has 0 aliphatic rings. The molecule has 0 saturated heterocycles. The predicted octanol–water partition coefficient (Wildman–Crippen LogP) is 16.4. The standard InChI is InChI=1S/C55H92O6/c1-4-7-10-13-16-19-21-23-25-27-28-30-31-33-36-39-42-45-48-54(57)60-51-52(50-59-53(56)47-44-41-38-35-18-15-12-9-6-3)61-55(58)49-46-43-40-37-34-32-29-26-24-22-20-17-14-11-8-5-2/h9,12,16,18-19,21,23,25,27-28,30,35,41,44,52H,4-8,10-11,13-15,17,20,22,24,26,29,31-34,36-40,42-43,45-51H2,1-3H3/b12-9-,19-16-,23-21-,27-25-,30-28-,35-18-,44-41-. The predicted molar refractivity (Wildman–Crippen MR) is 261 cm³/mol. The molecule has 0 N–H and O–H groups in total. The first-order chi connectivity index (χ1) is 30.0. The van der Waals surface area contributed by atoms with E-state index in [1.54, 1.807) is 6.08 Å². The Labute approximate surface area is 375 Å². The van der Waals surface area contributed by atoms with Crippen LogP contribution in [0.25, 0.3) is 0 Å². The van der Waals surface area contributed by atoms with Crippen molar-refractivity contribution in [1.82, 2.24) is 0 Å². The molecule has 0 aromatic rings. The summed E-state index contributed by atoms with van der Waals surface area (Å²) in [5.41, 5.74) is 0. The van der Waals surface area contributed by atoms with E-state index in [4.69, 9.17) is 14.2 Å². The molecule has 0 aliphatic carbocycles. The number of ether oxygens (including phenoxy) is 3. The topological polar surface area (TPSA) is 78.9 Å². The van der Waals surface area contributed by atoms with Crippen molar-refractivity contribution < 1.29 is 28.6 Å². The van der Waals surface area contributed by atoms with Crippen LogP contribution in [-0.2, 0) is 28.6 Å². The average Bonchev–Trinajstić information content (AvgIpc) is 3.26. The van der Waals surface area contributed by atoms with Crippen LogP contribution in [0.2, 0.25) is 0 Å². The van der Waals surface area contributed by atoms with Gasteiger partial charge in [-0.15, -0.1) is 0 Å². The van der Waals surface area contributed by atoms with Gasteiger partial charge in [-0.1, -0.05) is 234 Å². The number of carbonyl (C=O) groups is 3. The van der Waals surface area contributed by atoms with Crippen molar-refractivity contribution in [2.45, 2.75) is 232 Å². The zero-order chi connectivity index (χ0) is 44.4. The maximum absolute atomic E-state index is 12.8. The van der Waals surface area contributed by atoms with Gasteiger partial charge in [0.25, 0.3) is 0 Å². The second kappa shape index (κ2) is 49.2. The van der Waals surface area contributed by atoms with Gasteiger partial charge in [0, 0.05) is 12.8 Å². The Balaban J connectivity index is 4.42. The second-order valence-corrected chi connectivity index (χ2v) is 16.5. The molecule has 0 aliphatic heterocycles. The number of hydrogen-bond donors (Lipinski definition) is 0. The summed E-state index contributed by atoms with van der Waals surface area (Å²) in [6, 6.07) is 0. The van der Waals surface area contributed by atoms with Gasteiger partial charge in [0.15, 0.2) is 6.10 Å². The van der Waals surface area contributed by atoms with Crippen molar-refractivity contribution >= 4 is 17.9 Å². The zero-order valence-electron chi connectivity index (χ0n) is 39.7. The number of hydrogen-bond acceptors (Lipinski definition) is 6. The molecule has 0 amide bonds. The van der Waals surface area contributed by atoms with Crippen LogP contribution in [-0.4, -0.2) is 37.2 Å². The third kappa shape index (κ3) is 47.5. The Morgan fingerprint density at radius 3 is 1.26 bits per heavy atom. The summed E-state index contributed by atoms with van der Waals surface area (Å²) < 4.78 is 16.6. The number of unbranched alkanes of at least 4 members (excludes halogenated alkanes) is 23. The highest BCUT2D eigenvalue weighted by atomic mass is 16.6. The zero-order valence-corrected chi connectivity index (χ0v) is 39.7. The molecule has 0 radical (unpaired) electrons. The lowest BCUT2D eigenvalue weighted by Gasteiger charge is -2.18. The molecule has 6 heteroatoms. The molecule has 1 atom stereocenters. The smallest absolute Gasteiger partial charge is 0.309 e. The highest BCUT2D eigenvalue weighted by molar-refractivity contribution is 5.72. The van der Waals surface area contributed by atoms with Crippen LogP contribution >= 0.6 is 0 Å². The Morgan fingerprint density at radius 2 is 0.754 bits per heavy atom. The molecule has 1 unspecified atom stereocenters. The fourth-order valence-corrected chi connectivity index (χ4v) is 6.75. The summed E-state index contributed by atoms with van der Waals surface area (Å²) in [6.45, 7) is 6.36. The van der Waals surface area contributed by atoms with E-state index >= 15 is 0 Å². The Bertz CT molecular complexity index is 1200. The van der Waals surface area contributed by atoms with E-state index in [-0.39, 0.29) is 31.6 Å². The molecule has 0 aromatic carbocycles. The van der Waals surface area contributed by atoms with Crippen molar-refractivity contribution in [2.75, 3.05) is 13.2 Å². The van der Waals surface area contributed by atoms with Crippen LogP contribution in [0.5, 0.6) is 0 Å². The van der Waals surface area contributed by atoms with E-state index in [0.29, 0.717) is 12.8 Å². The molecule has 0 heterocycles. The lowest BCUT2D eigenvalue weighted by atomic mass is 10.0. The van der Waals surface area contributed by atoms with E-state index in [9.17, 15) is 14.4 Å². The molecular weight excluding hydrogens is 757 g/mol. The van der Waals surface area contributed by atoms with Gasteiger partial charge in [-0.3, -0.25) is 14.4 Å². The van der Waals surface area contributed by atoms with Gasteiger partial charge in [-0.25, -0.2) is 0 Å². The van der Waals surface area contributed by atoms with Crippen LogP contribution in [0.3, 0.4) is 0 Å². The van der Waals surface area contributed by atoms with E-state index in [2.05, 4.69) is 93.7 Å². The average molecular weight is 849 g/mol. The maximum atomic E-state index is 12.8. The number of allylic oxidation sites excluding steroid dienone is 13. The van der Waals surface area contributed by atoms with Crippen LogP contribution in [0.4, 0.5) is 0 Å². The van der Waals surface area contributed by atoms with Crippen LogP contribution in [0.15, 0.2) is 85.1 Å². The summed E-state index contributed by atoms with van der Waals surface area (Å²) in [5, 5.41) is 0. The van der Waals surface area contributed by atoms with Gasteiger partial charge in [-0.05, 0) is 57.8 Å². The summed E-state index contributed by atoms with van der Waals surface area (Å²) in [6.07, 6.45) is 63.1. The lowest BCUT2D eigenvalue weighted by molar-refractivity contribution is -0.166. The third-order valence-electron chi connectivity index (χ3n) is 10.5. The monoisotopic (exact) mass is 849 g/mol. The van der Waals surface area contributed by atoms with Crippen LogP contribution in [0, 0.1) is 0 Å². The molecule has 348 valence electrons. The number of esters is 3. The molecule has 61 heavy (non-hydrogen) atoms. The van der Waals surface area contributed by atoms with E-state index in [1.165, 1.54) is 103 Å². The van der Waals surface area contributed by atoms with Crippen molar-refractivity contribution in [3.05, 3.63) is 85.1 Å². The minimum absolute atomic E-state index is 0.115. The molecular formula is C55H92O6. The molecule has 0 aromatic heterocycles. The van der Waals surface area contributed by atoms with Crippen molar-refractivity contribution in [1.29, 1.82) is 0 Å². The largest absolute Gasteiger partial charge is 0.462 e. The molecule has 0 bridgehead atoms. The van der Waals surface area contributed by atoms with Crippen molar-refractivity contribution in [3.8, 4) is 0 Å². The highest BCUT2D eigenvalue weighted by Gasteiger charge is 2.19. The first-order valence-corrected chi connectivity index (χ1v) is 25.1. The van der Waals surface area contributed by atoms with E-state index < -0.39 is 12.1 Å². The fourth-order valence-electron chi connectivity index (χ4n) is 6.75. The summed E-state index contributed by atoms with van der Waals surface area (Å²) in [4.78, 5) is 37.8. The molecule has 0 fully saturated rings. The lowest BCUT2D eigenvalue weighted by Crippen LogP contribution is -2.30. The van der Waals surface area contributed by atoms with Gasteiger partial charge >= 0.3 is 17.9 Å². The fraction of sp³-hybridized carbons (Fsp3) is 0.691. The van der Waals surface area contributed by atoms with Gasteiger partial charge in [0.1, 0.15) is 13.2 Å². The van der Waals surface area contributed by atoms with Gasteiger partial charge < -0.3 is 14.2 Å². The van der Waals surface area contributed by atoms with E-state index in [1.807, 2.05) is 6.08 Å². The Morgan fingerprint density at radius 1 is 0.377 bits per heavy atom. The van der Waals surface area contributed by atoms with Gasteiger partial charge in [0.05, 0.1) is 6.42 Å². The highest BCUT2D eigenvalue weighted by Crippen LogP contribution is 2.15. The van der Waals surface area contributed by atoms with Crippen LogP contribution in [0.1, 0.15) is 226 Å². The minimum atomic E-state index is -0.819. The van der Waals surface area contributed by atoms with Crippen LogP contribution < -0.4 is 0 Å². The Kier molecular flexibility index (Phi) is 46.5. The minimum Gasteiger partial charge on any atom is -0.462 e. The molecule has 0 spiro atoms. The number of rotatable bonds is 44. The van der Waals surface area contributed by atoms with E-state index in [0.717, 1.165) is 83.5 Å². The first kappa shape index (κ1) is 57.6. The second-order valence-electron chi connectivity index (χ2n) is 16.5. The molecule has 0 rings (SSSR count). The summed E-state index contributed by atoms with van der Waals surface area (Å²) in [5.74, 6) is -1.06. The van der Waals surface area contributed by atoms with Gasteiger partial charge in [-0.2, -0.15) is 0 Å². The number of carbonyl (C=O) groups excluding carboxylic acids is 3. The molecule has 0 saturated carbocycles. The normalized spacial score (nSPS) is 12.8. The Hall–Kier alpha value is -3.41.